The van der Waals surface area contributed by atoms with Crippen LogP contribution in [0.1, 0.15) is 28.8 Å². The zero-order valence-corrected chi connectivity index (χ0v) is 17.1. The highest BCUT2D eigenvalue weighted by Gasteiger charge is 2.18. The Morgan fingerprint density at radius 3 is 2.67 bits per heavy atom. The zero-order valence-electron chi connectivity index (χ0n) is 17.1. The molecular weight excluding hydrogens is 384 g/mol. The third kappa shape index (κ3) is 5.61. The lowest BCUT2D eigenvalue weighted by Crippen LogP contribution is -2.32. The van der Waals surface area contributed by atoms with Gasteiger partial charge in [-0.1, -0.05) is 18.2 Å². The van der Waals surface area contributed by atoms with Gasteiger partial charge in [-0.15, -0.1) is 0 Å². The first kappa shape index (κ1) is 21.4. The molecule has 158 valence electrons. The van der Waals surface area contributed by atoms with Gasteiger partial charge in [-0.25, -0.2) is 0 Å². The molecule has 1 aliphatic heterocycles. The molecular formula is C23H26N2O5. The Morgan fingerprint density at radius 1 is 1.13 bits per heavy atom. The van der Waals surface area contributed by atoms with Crippen molar-refractivity contribution in [3.05, 3.63) is 59.7 Å². The van der Waals surface area contributed by atoms with Crippen molar-refractivity contribution in [1.29, 1.82) is 0 Å². The minimum absolute atomic E-state index is 0.0557. The van der Waals surface area contributed by atoms with Crippen molar-refractivity contribution >= 4 is 23.6 Å². The Balaban J connectivity index is 1.63. The number of para-hydroxylation sites is 1. The predicted molar refractivity (Wildman–Crippen MR) is 115 cm³/mol. The number of anilines is 1. The molecule has 0 spiro atoms. The minimum atomic E-state index is -0.343. The zero-order chi connectivity index (χ0) is 21.3. The van der Waals surface area contributed by atoms with Crippen molar-refractivity contribution in [3.8, 4) is 11.5 Å². The number of benzene rings is 2. The first-order valence-electron chi connectivity index (χ1n) is 9.80. The molecule has 2 amide bonds. The first-order chi connectivity index (χ1) is 14.6. The van der Waals surface area contributed by atoms with E-state index in [0.29, 0.717) is 29.3 Å². The molecule has 0 saturated carbocycles. The number of ether oxygens (including phenoxy) is 3. The second-order valence-corrected chi connectivity index (χ2v) is 6.83. The van der Waals surface area contributed by atoms with Crippen LogP contribution < -0.4 is 20.1 Å². The molecule has 1 heterocycles. The standard InChI is InChI=1S/C23H26N2O5/c1-28-20-11-9-16(14-21(20)29-2)10-12-22(26)25-19-8-4-3-7-18(19)23(27)24-15-17-6-5-13-30-17/h3-4,7-12,14,17H,5-6,13,15H2,1-2H3,(H,24,27)(H,25,26)/b12-10+. The molecule has 0 bridgehead atoms. The summed E-state index contributed by atoms with van der Waals surface area (Å²) >= 11 is 0. The van der Waals surface area contributed by atoms with Gasteiger partial charge >= 0.3 is 0 Å². The molecule has 3 rings (SSSR count). The highest BCUT2D eigenvalue weighted by Crippen LogP contribution is 2.28. The van der Waals surface area contributed by atoms with E-state index in [2.05, 4.69) is 10.6 Å². The summed E-state index contributed by atoms with van der Waals surface area (Å²) in [4.78, 5) is 25.0. The van der Waals surface area contributed by atoms with Crippen LogP contribution in [0, 0.1) is 0 Å². The summed E-state index contributed by atoms with van der Waals surface area (Å²) in [5.74, 6) is 0.602. The fraction of sp³-hybridized carbons (Fsp3) is 0.304. The lowest BCUT2D eigenvalue weighted by molar-refractivity contribution is -0.111. The maximum atomic E-state index is 12.6. The maximum absolute atomic E-state index is 12.6. The number of amides is 2. The maximum Gasteiger partial charge on any atom is 0.253 e. The van der Waals surface area contributed by atoms with E-state index in [0.717, 1.165) is 25.0 Å². The number of hydrogen-bond donors (Lipinski definition) is 2. The van der Waals surface area contributed by atoms with E-state index in [1.54, 1.807) is 56.7 Å². The van der Waals surface area contributed by atoms with Gasteiger partial charge in [-0.05, 0) is 48.7 Å². The minimum Gasteiger partial charge on any atom is -0.493 e. The number of hydrogen-bond acceptors (Lipinski definition) is 5. The van der Waals surface area contributed by atoms with E-state index in [1.165, 1.54) is 6.08 Å². The topological polar surface area (TPSA) is 85.9 Å². The summed E-state index contributed by atoms with van der Waals surface area (Å²) in [6, 6.07) is 12.3. The van der Waals surface area contributed by atoms with E-state index < -0.39 is 0 Å². The van der Waals surface area contributed by atoms with Crippen LogP contribution in [0.5, 0.6) is 11.5 Å². The number of methoxy groups -OCH3 is 2. The van der Waals surface area contributed by atoms with Crippen molar-refractivity contribution in [3.63, 3.8) is 0 Å². The number of carbonyl (C=O) groups excluding carboxylic acids is 2. The summed E-state index contributed by atoms with van der Waals surface area (Å²) in [5, 5.41) is 5.64. The quantitative estimate of drug-likeness (QED) is 0.653. The van der Waals surface area contributed by atoms with Gasteiger partial charge in [0.05, 0.1) is 31.6 Å². The molecule has 7 heteroatoms. The molecule has 0 aliphatic carbocycles. The molecule has 0 radical (unpaired) electrons. The van der Waals surface area contributed by atoms with Gasteiger partial charge in [-0.2, -0.15) is 0 Å². The van der Waals surface area contributed by atoms with Gasteiger partial charge in [0.15, 0.2) is 11.5 Å². The molecule has 1 aliphatic rings. The highest BCUT2D eigenvalue weighted by molar-refractivity contribution is 6.07. The second-order valence-electron chi connectivity index (χ2n) is 6.83. The fourth-order valence-corrected chi connectivity index (χ4v) is 3.20. The van der Waals surface area contributed by atoms with Crippen LogP contribution in [-0.4, -0.2) is 45.3 Å². The summed E-state index contributed by atoms with van der Waals surface area (Å²) in [7, 11) is 3.12. The smallest absolute Gasteiger partial charge is 0.253 e. The lowest BCUT2D eigenvalue weighted by atomic mass is 10.1. The van der Waals surface area contributed by atoms with Gasteiger partial charge < -0.3 is 24.8 Å². The number of carbonyl (C=O) groups is 2. The fourth-order valence-electron chi connectivity index (χ4n) is 3.20. The Kier molecular flexibility index (Phi) is 7.45. The Morgan fingerprint density at radius 2 is 1.93 bits per heavy atom. The van der Waals surface area contributed by atoms with E-state index in [9.17, 15) is 9.59 Å². The van der Waals surface area contributed by atoms with Crippen LogP contribution in [0.3, 0.4) is 0 Å². The molecule has 1 atom stereocenters. The van der Waals surface area contributed by atoms with E-state index in [-0.39, 0.29) is 17.9 Å². The molecule has 1 fully saturated rings. The first-order valence-corrected chi connectivity index (χ1v) is 9.80. The van der Waals surface area contributed by atoms with Gasteiger partial charge in [0.1, 0.15) is 0 Å². The number of rotatable bonds is 8. The summed E-state index contributed by atoms with van der Waals surface area (Å²) in [5.41, 5.74) is 1.64. The van der Waals surface area contributed by atoms with E-state index >= 15 is 0 Å². The van der Waals surface area contributed by atoms with Crippen LogP contribution in [0.2, 0.25) is 0 Å². The summed E-state index contributed by atoms with van der Waals surface area (Å²) in [6.45, 7) is 1.19. The van der Waals surface area contributed by atoms with Crippen molar-refractivity contribution in [2.45, 2.75) is 18.9 Å². The van der Waals surface area contributed by atoms with Crippen LogP contribution in [0.15, 0.2) is 48.5 Å². The molecule has 2 N–H and O–H groups in total. The largest absolute Gasteiger partial charge is 0.493 e. The monoisotopic (exact) mass is 410 g/mol. The van der Waals surface area contributed by atoms with E-state index in [1.807, 2.05) is 6.07 Å². The highest BCUT2D eigenvalue weighted by atomic mass is 16.5. The van der Waals surface area contributed by atoms with Crippen molar-refractivity contribution in [1.82, 2.24) is 5.32 Å². The Bertz CT molecular complexity index is 920. The van der Waals surface area contributed by atoms with E-state index in [4.69, 9.17) is 14.2 Å². The van der Waals surface area contributed by atoms with Gasteiger partial charge in [-0.3, -0.25) is 9.59 Å². The molecule has 1 unspecified atom stereocenters. The van der Waals surface area contributed by atoms with Crippen molar-refractivity contribution in [2.75, 3.05) is 32.7 Å². The predicted octanol–water partition coefficient (Wildman–Crippen LogP) is 3.26. The third-order valence-electron chi connectivity index (χ3n) is 4.78. The summed E-state index contributed by atoms with van der Waals surface area (Å²) in [6.07, 6.45) is 5.08. The average Bonchev–Trinajstić information content (AvgIpc) is 3.30. The molecule has 1 saturated heterocycles. The Hall–Kier alpha value is -3.32. The average molecular weight is 410 g/mol. The molecule has 0 aromatic heterocycles. The normalized spacial score (nSPS) is 15.7. The summed E-state index contributed by atoms with van der Waals surface area (Å²) < 4.78 is 16.0. The molecule has 2 aromatic carbocycles. The third-order valence-corrected chi connectivity index (χ3v) is 4.78. The van der Waals surface area contributed by atoms with Crippen molar-refractivity contribution < 1.29 is 23.8 Å². The van der Waals surface area contributed by atoms with Crippen LogP contribution in [0.4, 0.5) is 5.69 Å². The molecule has 2 aromatic rings. The van der Waals surface area contributed by atoms with Crippen LogP contribution in [-0.2, 0) is 9.53 Å². The molecule has 30 heavy (non-hydrogen) atoms. The van der Waals surface area contributed by atoms with Gasteiger partial charge in [0.25, 0.3) is 5.91 Å². The molecule has 7 nitrogen and oxygen atoms in total. The van der Waals surface area contributed by atoms with Crippen LogP contribution in [0.25, 0.3) is 6.08 Å². The lowest BCUT2D eigenvalue weighted by Gasteiger charge is -2.13. The number of nitrogens with one attached hydrogen (secondary N) is 2. The Labute approximate surface area is 176 Å². The van der Waals surface area contributed by atoms with Crippen molar-refractivity contribution in [2.24, 2.45) is 0 Å². The van der Waals surface area contributed by atoms with Gasteiger partial charge in [0.2, 0.25) is 5.91 Å². The second kappa shape index (κ2) is 10.5. The van der Waals surface area contributed by atoms with Gasteiger partial charge in [0, 0.05) is 19.2 Å². The van der Waals surface area contributed by atoms with Crippen LogP contribution >= 0.6 is 0 Å². The SMILES string of the molecule is COc1ccc(/C=C/C(=O)Nc2ccccc2C(=O)NCC2CCCO2)cc1OC.